The molecule has 0 aliphatic carbocycles. The number of methoxy groups -OCH3 is 1. The number of benzene rings is 1. The second kappa shape index (κ2) is 7.21. The molecule has 1 atom stereocenters. The summed E-state index contributed by atoms with van der Waals surface area (Å²) in [7, 11) is 1.49. The number of hydrogen-bond donors (Lipinski definition) is 2. The van der Waals surface area contributed by atoms with Crippen molar-refractivity contribution in [1.82, 2.24) is 5.32 Å². The lowest BCUT2D eigenvalue weighted by molar-refractivity contribution is -0.144. The van der Waals surface area contributed by atoms with E-state index in [4.69, 9.17) is 26.2 Å². The summed E-state index contributed by atoms with van der Waals surface area (Å²) in [6, 6.07) is 3.51. The van der Waals surface area contributed by atoms with Gasteiger partial charge in [0.1, 0.15) is 0 Å². The molecular formula is C13H18ClNO4. The maximum absolute atomic E-state index is 10.8. The molecule has 0 saturated carbocycles. The van der Waals surface area contributed by atoms with Gasteiger partial charge in [-0.3, -0.25) is 0 Å². The smallest absolute Gasteiger partial charge is 0.344 e. The van der Waals surface area contributed by atoms with Gasteiger partial charge in [-0.1, -0.05) is 18.5 Å². The van der Waals surface area contributed by atoms with Crippen molar-refractivity contribution >= 4 is 17.6 Å². The van der Waals surface area contributed by atoms with Crippen LogP contribution in [-0.4, -0.2) is 30.8 Å². The average Bonchev–Trinajstić information content (AvgIpc) is 2.38. The maximum Gasteiger partial charge on any atom is 0.344 e. The minimum atomic E-state index is -1.06. The largest absolute Gasteiger partial charge is 0.493 e. The molecule has 0 amide bonds. The summed E-state index contributed by atoms with van der Waals surface area (Å²) < 4.78 is 10.5. The van der Waals surface area contributed by atoms with Crippen molar-refractivity contribution in [3.8, 4) is 11.5 Å². The van der Waals surface area contributed by atoms with E-state index in [2.05, 4.69) is 5.32 Å². The van der Waals surface area contributed by atoms with Crippen LogP contribution in [0.3, 0.4) is 0 Å². The lowest BCUT2D eigenvalue weighted by atomic mass is 10.2. The first kappa shape index (κ1) is 15.6. The Balaban J connectivity index is 3.00. The fourth-order valence-electron chi connectivity index (χ4n) is 1.49. The predicted octanol–water partition coefficient (Wildman–Crippen LogP) is 2.31. The summed E-state index contributed by atoms with van der Waals surface area (Å²) in [6.07, 6.45) is -0.994. The van der Waals surface area contributed by atoms with Crippen molar-refractivity contribution in [1.29, 1.82) is 0 Å². The zero-order valence-corrected chi connectivity index (χ0v) is 12.0. The van der Waals surface area contributed by atoms with Gasteiger partial charge in [-0.2, -0.15) is 0 Å². The third-order valence-corrected chi connectivity index (χ3v) is 2.79. The minimum absolute atomic E-state index is 0.249. The Morgan fingerprint density at radius 2 is 2.21 bits per heavy atom. The van der Waals surface area contributed by atoms with Crippen molar-refractivity contribution in [2.45, 2.75) is 26.5 Å². The van der Waals surface area contributed by atoms with Gasteiger partial charge in [-0.15, -0.1) is 0 Å². The molecule has 6 heteroatoms. The van der Waals surface area contributed by atoms with E-state index in [9.17, 15) is 4.79 Å². The molecule has 106 valence electrons. The number of halogens is 1. The van der Waals surface area contributed by atoms with Crippen molar-refractivity contribution < 1.29 is 19.4 Å². The Kier molecular flexibility index (Phi) is 5.92. The SMILES string of the molecule is CCNCc1cc(Cl)c(OC(C)C(=O)O)c(OC)c1. The summed E-state index contributed by atoms with van der Waals surface area (Å²) in [4.78, 5) is 10.8. The number of carboxylic acid groups (broad SMARTS) is 1. The standard InChI is InChI=1S/C13H18ClNO4/c1-4-15-7-9-5-10(14)12(11(6-9)18-3)19-8(2)13(16)17/h5-6,8,15H,4,7H2,1-3H3,(H,16,17). The normalized spacial score (nSPS) is 12.0. The Morgan fingerprint density at radius 3 is 2.74 bits per heavy atom. The molecule has 0 bridgehead atoms. The van der Waals surface area contributed by atoms with Crippen LogP contribution >= 0.6 is 11.6 Å². The van der Waals surface area contributed by atoms with E-state index in [1.807, 2.05) is 6.92 Å². The fraction of sp³-hybridized carbons (Fsp3) is 0.462. The van der Waals surface area contributed by atoms with Gasteiger partial charge >= 0.3 is 5.97 Å². The van der Waals surface area contributed by atoms with Gasteiger partial charge in [0.2, 0.25) is 0 Å². The van der Waals surface area contributed by atoms with Crippen LogP contribution in [0, 0.1) is 0 Å². The quantitative estimate of drug-likeness (QED) is 0.805. The van der Waals surface area contributed by atoms with Gasteiger partial charge in [-0.25, -0.2) is 4.79 Å². The molecule has 0 aliphatic rings. The van der Waals surface area contributed by atoms with E-state index in [1.54, 1.807) is 12.1 Å². The molecule has 0 spiro atoms. The van der Waals surface area contributed by atoms with Crippen LogP contribution in [-0.2, 0) is 11.3 Å². The average molecular weight is 288 g/mol. The van der Waals surface area contributed by atoms with Crippen LogP contribution in [0.25, 0.3) is 0 Å². The second-order valence-electron chi connectivity index (χ2n) is 3.99. The van der Waals surface area contributed by atoms with Crippen molar-refractivity contribution in [2.24, 2.45) is 0 Å². The van der Waals surface area contributed by atoms with Crippen LogP contribution in [0.1, 0.15) is 19.4 Å². The van der Waals surface area contributed by atoms with Crippen LogP contribution in [0.5, 0.6) is 11.5 Å². The van der Waals surface area contributed by atoms with Gasteiger partial charge in [0, 0.05) is 6.54 Å². The Hall–Kier alpha value is -1.46. The van der Waals surface area contributed by atoms with Crippen molar-refractivity contribution in [3.63, 3.8) is 0 Å². The molecular weight excluding hydrogens is 270 g/mol. The molecule has 5 nitrogen and oxygen atoms in total. The number of carbonyl (C=O) groups is 1. The van der Waals surface area contributed by atoms with Crippen LogP contribution in [0.2, 0.25) is 5.02 Å². The zero-order chi connectivity index (χ0) is 14.4. The number of carboxylic acids is 1. The molecule has 1 aromatic rings. The second-order valence-corrected chi connectivity index (χ2v) is 4.39. The van der Waals surface area contributed by atoms with Gasteiger partial charge < -0.3 is 19.9 Å². The Morgan fingerprint density at radius 1 is 1.53 bits per heavy atom. The fourth-order valence-corrected chi connectivity index (χ4v) is 1.76. The van der Waals surface area contributed by atoms with E-state index in [1.165, 1.54) is 14.0 Å². The predicted molar refractivity (Wildman–Crippen MR) is 73.1 cm³/mol. The zero-order valence-electron chi connectivity index (χ0n) is 11.2. The summed E-state index contributed by atoms with van der Waals surface area (Å²) in [5.41, 5.74) is 0.944. The van der Waals surface area contributed by atoms with E-state index < -0.39 is 12.1 Å². The Labute approximate surface area is 117 Å². The molecule has 1 aromatic carbocycles. The molecule has 0 aliphatic heterocycles. The molecule has 0 heterocycles. The first-order valence-corrected chi connectivity index (χ1v) is 6.34. The molecule has 0 radical (unpaired) electrons. The summed E-state index contributed by atoms with van der Waals surface area (Å²) >= 11 is 6.12. The topological polar surface area (TPSA) is 67.8 Å². The molecule has 1 unspecified atom stereocenters. The highest BCUT2D eigenvalue weighted by molar-refractivity contribution is 6.32. The molecule has 0 fully saturated rings. The van der Waals surface area contributed by atoms with E-state index >= 15 is 0 Å². The van der Waals surface area contributed by atoms with Crippen LogP contribution in [0.4, 0.5) is 0 Å². The van der Waals surface area contributed by atoms with E-state index in [-0.39, 0.29) is 5.75 Å². The van der Waals surface area contributed by atoms with Crippen molar-refractivity contribution in [2.75, 3.05) is 13.7 Å². The lowest BCUT2D eigenvalue weighted by Crippen LogP contribution is -2.23. The summed E-state index contributed by atoms with van der Waals surface area (Å²) in [5.74, 6) is -0.386. The molecule has 19 heavy (non-hydrogen) atoms. The third kappa shape index (κ3) is 4.29. The van der Waals surface area contributed by atoms with Crippen molar-refractivity contribution in [3.05, 3.63) is 22.7 Å². The number of nitrogens with one attached hydrogen (secondary N) is 1. The number of ether oxygens (including phenoxy) is 2. The van der Waals surface area contributed by atoms with E-state index in [0.717, 1.165) is 12.1 Å². The summed E-state index contributed by atoms with van der Waals surface area (Å²) in [6.45, 7) is 4.94. The molecule has 0 saturated heterocycles. The van der Waals surface area contributed by atoms with Crippen LogP contribution < -0.4 is 14.8 Å². The van der Waals surface area contributed by atoms with Gasteiger partial charge in [0.05, 0.1) is 12.1 Å². The number of hydrogen-bond acceptors (Lipinski definition) is 4. The summed E-state index contributed by atoms with van der Waals surface area (Å²) in [5, 5.41) is 12.4. The number of rotatable bonds is 7. The van der Waals surface area contributed by atoms with E-state index in [0.29, 0.717) is 17.3 Å². The van der Waals surface area contributed by atoms with Gasteiger partial charge in [0.15, 0.2) is 17.6 Å². The maximum atomic E-state index is 10.8. The highest BCUT2D eigenvalue weighted by Crippen LogP contribution is 2.37. The first-order chi connectivity index (χ1) is 8.99. The number of aliphatic carboxylic acids is 1. The Bertz CT molecular complexity index is 451. The third-order valence-electron chi connectivity index (χ3n) is 2.51. The van der Waals surface area contributed by atoms with Crippen LogP contribution in [0.15, 0.2) is 12.1 Å². The van der Waals surface area contributed by atoms with Gasteiger partial charge in [-0.05, 0) is 31.2 Å². The first-order valence-electron chi connectivity index (χ1n) is 5.96. The molecule has 0 aromatic heterocycles. The highest BCUT2D eigenvalue weighted by atomic mass is 35.5. The minimum Gasteiger partial charge on any atom is -0.493 e. The molecule has 2 N–H and O–H groups in total. The monoisotopic (exact) mass is 287 g/mol. The highest BCUT2D eigenvalue weighted by Gasteiger charge is 2.18. The lowest BCUT2D eigenvalue weighted by Gasteiger charge is -2.16. The van der Waals surface area contributed by atoms with Gasteiger partial charge in [0.25, 0.3) is 0 Å². The molecule has 1 rings (SSSR count).